The molecule has 1 aromatic carbocycles. The molecule has 0 N–H and O–H groups in total. The standard InChI is InChI=1S/C23H26F6N4O/c1-15-5-4-7-33(8-6-20(34)32-13-16(14-32)12-31(2)3)30-21(15)17-9-18(22(24,25)26)11-19(10-17)23(27,28)29/h4,6-11,15-16H,5,12-14H2,1-3H3. The summed E-state index contributed by atoms with van der Waals surface area (Å²) in [5, 5.41) is 5.50. The summed E-state index contributed by atoms with van der Waals surface area (Å²) in [5.74, 6) is -0.299. The molecule has 2 aliphatic rings. The third kappa shape index (κ3) is 6.40. The predicted octanol–water partition coefficient (Wildman–Crippen LogP) is 4.82. The summed E-state index contributed by atoms with van der Waals surface area (Å²) >= 11 is 0. The highest BCUT2D eigenvalue weighted by Gasteiger charge is 2.37. The zero-order valence-corrected chi connectivity index (χ0v) is 19.0. The van der Waals surface area contributed by atoms with E-state index in [9.17, 15) is 31.1 Å². The minimum Gasteiger partial charge on any atom is -0.338 e. The van der Waals surface area contributed by atoms with Gasteiger partial charge in [0.05, 0.1) is 16.8 Å². The SMILES string of the molecule is CC1CC=CN(C=CC(=O)N2CC(CN(C)C)C2)N=C1c1cc(C(F)(F)F)cc(C(F)(F)F)c1. The molecular weight excluding hydrogens is 462 g/mol. The molecule has 0 radical (unpaired) electrons. The fraction of sp³-hybridized carbons (Fsp3) is 0.478. The van der Waals surface area contributed by atoms with Crippen LogP contribution in [0.15, 0.2) is 47.9 Å². The first kappa shape index (κ1) is 25.8. The van der Waals surface area contributed by atoms with Gasteiger partial charge in [0.25, 0.3) is 0 Å². The Labute approximate surface area is 194 Å². The lowest BCUT2D eigenvalue weighted by molar-refractivity contribution is -0.143. The Morgan fingerprint density at radius 3 is 2.21 bits per heavy atom. The molecule has 34 heavy (non-hydrogen) atoms. The fourth-order valence-corrected chi connectivity index (χ4v) is 3.90. The van der Waals surface area contributed by atoms with Crippen LogP contribution < -0.4 is 0 Å². The van der Waals surface area contributed by atoms with Gasteiger partial charge in [-0.2, -0.15) is 31.4 Å². The van der Waals surface area contributed by atoms with E-state index < -0.39 is 29.4 Å². The molecule has 0 spiro atoms. The fourth-order valence-electron chi connectivity index (χ4n) is 3.90. The highest BCUT2D eigenvalue weighted by molar-refractivity contribution is 6.02. The van der Waals surface area contributed by atoms with E-state index in [4.69, 9.17) is 0 Å². The van der Waals surface area contributed by atoms with E-state index in [0.29, 0.717) is 37.6 Å². The summed E-state index contributed by atoms with van der Waals surface area (Å²) in [6, 6.07) is 1.44. The highest BCUT2D eigenvalue weighted by atomic mass is 19.4. The maximum atomic E-state index is 13.3. The highest BCUT2D eigenvalue weighted by Crippen LogP contribution is 2.37. The number of nitrogens with zero attached hydrogens (tertiary/aromatic N) is 4. The third-order valence-corrected chi connectivity index (χ3v) is 5.58. The molecule has 1 saturated heterocycles. The summed E-state index contributed by atoms with van der Waals surface area (Å²) in [7, 11) is 3.91. The Morgan fingerprint density at radius 2 is 1.68 bits per heavy atom. The van der Waals surface area contributed by atoms with E-state index >= 15 is 0 Å². The van der Waals surface area contributed by atoms with Crippen LogP contribution in [0.4, 0.5) is 26.3 Å². The lowest BCUT2D eigenvalue weighted by atomic mass is 9.93. The molecule has 0 bridgehead atoms. The zero-order chi connectivity index (χ0) is 25.3. The van der Waals surface area contributed by atoms with Crippen LogP contribution in [0.2, 0.25) is 0 Å². The molecule has 0 saturated carbocycles. The Morgan fingerprint density at radius 1 is 1.09 bits per heavy atom. The lowest BCUT2D eigenvalue weighted by Crippen LogP contribution is -2.52. The maximum absolute atomic E-state index is 13.3. The molecule has 1 amide bonds. The van der Waals surface area contributed by atoms with Gasteiger partial charge in [-0.1, -0.05) is 13.0 Å². The summed E-state index contributed by atoms with van der Waals surface area (Å²) in [4.78, 5) is 16.1. The van der Waals surface area contributed by atoms with Gasteiger partial charge < -0.3 is 9.80 Å². The number of halogens is 6. The molecule has 1 atom stereocenters. The molecule has 0 aromatic heterocycles. The normalized spacial score (nSPS) is 20.1. The number of hydrogen-bond acceptors (Lipinski definition) is 4. The molecule has 11 heteroatoms. The van der Waals surface area contributed by atoms with Crippen LogP contribution in [0.3, 0.4) is 0 Å². The van der Waals surface area contributed by atoms with Crippen molar-refractivity contribution in [1.82, 2.24) is 14.8 Å². The van der Waals surface area contributed by atoms with Crippen molar-refractivity contribution in [1.29, 1.82) is 0 Å². The van der Waals surface area contributed by atoms with Crippen molar-refractivity contribution in [2.24, 2.45) is 16.9 Å². The van der Waals surface area contributed by atoms with Crippen LogP contribution in [-0.2, 0) is 17.1 Å². The van der Waals surface area contributed by atoms with Crippen LogP contribution >= 0.6 is 0 Å². The van der Waals surface area contributed by atoms with Crippen LogP contribution in [0.5, 0.6) is 0 Å². The van der Waals surface area contributed by atoms with E-state index in [1.165, 1.54) is 23.5 Å². The largest absolute Gasteiger partial charge is 0.416 e. The van der Waals surface area contributed by atoms with Crippen LogP contribution in [0.1, 0.15) is 30.0 Å². The molecule has 5 nitrogen and oxygen atoms in total. The number of rotatable bonds is 5. The Kier molecular flexibility index (Phi) is 7.44. The second-order valence-corrected chi connectivity index (χ2v) is 8.87. The molecule has 0 aliphatic carbocycles. The minimum atomic E-state index is -4.95. The van der Waals surface area contributed by atoms with E-state index in [2.05, 4.69) is 5.10 Å². The predicted molar refractivity (Wildman–Crippen MR) is 116 cm³/mol. The van der Waals surface area contributed by atoms with Crippen LogP contribution in [0.25, 0.3) is 0 Å². The maximum Gasteiger partial charge on any atom is 0.416 e. The van der Waals surface area contributed by atoms with Crippen molar-refractivity contribution >= 4 is 11.6 Å². The number of alkyl halides is 6. The lowest BCUT2D eigenvalue weighted by Gasteiger charge is -2.40. The van der Waals surface area contributed by atoms with Crippen molar-refractivity contribution < 1.29 is 31.1 Å². The quantitative estimate of drug-likeness (QED) is 0.441. The first-order valence-electron chi connectivity index (χ1n) is 10.7. The van der Waals surface area contributed by atoms with Gasteiger partial charge in [0, 0.05) is 49.9 Å². The molecule has 186 valence electrons. The van der Waals surface area contributed by atoms with E-state index in [0.717, 1.165) is 6.54 Å². The number of allylic oxidation sites excluding steroid dienone is 1. The van der Waals surface area contributed by atoms with Gasteiger partial charge in [0.2, 0.25) is 5.91 Å². The number of hydrazone groups is 1. The van der Waals surface area contributed by atoms with Gasteiger partial charge in [-0.3, -0.25) is 4.79 Å². The number of amides is 1. The third-order valence-electron chi connectivity index (χ3n) is 5.58. The molecule has 1 aromatic rings. The Bertz CT molecular complexity index is 958. The van der Waals surface area contributed by atoms with Gasteiger partial charge in [-0.25, -0.2) is 5.01 Å². The van der Waals surface area contributed by atoms with Crippen molar-refractivity contribution in [3.05, 3.63) is 59.4 Å². The smallest absolute Gasteiger partial charge is 0.338 e. The zero-order valence-electron chi connectivity index (χ0n) is 19.0. The average Bonchev–Trinajstić information content (AvgIpc) is 2.88. The van der Waals surface area contributed by atoms with Crippen molar-refractivity contribution in [2.45, 2.75) is 25.7 Å². The number of hydrogen-bond donors (Lipinski definition) is 0. The Hall–Kier alpha value is -2.82. The molecule has 3 rings (SSSR count). The van der Waals surface area contributed by atoms with E-state index in [1.807, 2.05) is 19.0 Å². The monoisotopic (exact) mass is 488 g/mol. The molecule has 2 aliphatic heterocycles. The molecule has 1 unspecified atom stereocenters. The van der Waals surface area contributed by atoms with Gasteiger partial charge >= 0.3 is 12.4 Å². The second-order valence-electron chi connectivity index (χ2n) is 8.87. The number of carbonyl (C=O) groups is 1. The van der Waals surface area contributed by atoms with Gasteiger partial charge in [0.1, 0.15) is 0 Å². The molecule has 2 heterocycles. The summed E-state index contributed by atoms with van der Waals surface area (Å²) < 4.78 is 79.8. The van der Waals surface area contributed by atoms with Gasteiger partial charge in [-0.05, 0) is 44.3 Å². The molecular formula is C23H26F6N4O. The first-order chi connectivity index (χ1) is 15.7. The average molecular weight is 488 g/mol. The summed E-state index contributed by atoms with van der Waals surface area (Å²) in [5.41, 5.74) is -3.00. The number of carbonyl (C=O) groups excluding carboxylic acids is 1. The second kappa shape index (κ2) is 9.81. The van der Waals surface area contributed by atoms with E-state index in [1.54, 1.807) is 17.9 Å². The van der Waals surface area contributed by atoms with Crippen LogP contribution in [0, 0.1) is 11.8 Å². The van der Waals surface area contributed by atoms with Crippen molar-refractivity contribution in [3.63, 3.8) is 0 Å². The Balaban J connectivity index is 1.85. The van der Waals surface area contributed by atoms with Crippen LogP contribution in [-0.4, -0.2) is 60.2 Å². The van der Waals surface area contributed by atoms with Gasteiger partial charge in [-0.15, -0.1) is 0 Å². The number of likely N-dealkylation sites (tertiary alicyclic amines) is 1. The topological polar surface area (TPSA) is 39.2 Å². The first-order valence-corrected chi connectivity index (χ1v) is 10.7. The molecule has 1 fully saturated rings. The van der Waals surface area contributed by atoms with Crippen molar-refractivity contribution in [3.8, 4) is 0 Å². The van der Waals surface area contributed by atoms with Crippen molar-refractivity contribution in [2.75, 3.05) is 33.7 Å². The minimum absolute atomic E-state index is 0.0636. The number of benzene rings is 1. The summed E-state index contributed by atoms with van der Waals surface area (Å²) in [6.07, 6.45) is -3.67. The van der Waals surface area contributed by atoms with Gasteiger partial charge in [0.15, 0.2) is 0 Å². The van der Waals surface area contributed by atoms with E-state index in [-0.39, 0.29) is 23.2 Å². The summed E-state index contributed by atoms with van der Waals surface area (Å²) in [6.45, 7) is 3.77.